The van der Waals surface area contributed by atoms with Gasteiger partial charge in [0.1, 0.15) is 24.4 Å². The molecule has 2 rings (SSSR count). The summed E-state index contributed by atoms with van der Waals surface area (Å²) in [5.74, 6) is -8.52. The van der Waals surface area contributed by atoms with Gasteiger partial charge in [0, 0.05) is 6.54 Å². The molecule has 0 radical (unpaired) electrons. The monoisotopic (exact) mass is 342 g/mol. The summed E-state index contributed by atoms with van der Waals surface area (Å²) in [7, 11) is 0. The molecule has 6 atom stereocenters. The number of nitrogens with zero attached hydrogens (tertiary/aromatic N) is 1. The minimum Gasteiger partial charge on any atom is -0.394 e. The molecule has 1 amide bonds. The molecule has 2 saturated heterocycles. The smallest absolute Gasteiger partial charge is 0.320 e. The molecule has 2 aliphatic heterocycles. The third kappa shape index (κ3) is 2.93. The molecule has 134 valence electrons. The zero-order chi connectivity index (χ0) is 17.6. The standard InChI is InChI=1S/C12H20F2N2O7/c13-11(14,4-16-2-1-5(15)10(16)21)12(22)9(20)8(19)7(18)6(3-17)23-12/h5-9,17-20,22H,1-4,15H2/t5-,6+,7-,8-,9+,12+/m0/s1. The molecule has 0 bridgehead atoms. The van der Waals surface area contributed by atoms with E-state index in [2.05, 4.69) is 4.74 Å². The first-order valence-corrected chi connectivity index (χ1v) is 7.02. The van der Waals surface area contributed by atoms with E-state index in [9.17, 15) is 34.0 Å². The zero-order valence-corrected chi connectivity index (χ0v) is 12.0. The van der Waals surface area contributed by atoms with Crippen LogP contribution in [0.3, 0.4) is 0 Å². The topological polar surface area (TPSA) is 157 Å². The molecule has 0 aromatic carbocycles. The highest BCUT2D eigenvalue weighted by atomic mass is 19.3. The fourth-order valence-electron chi connectivity index (χ4n) is 2.73. The summed E-state index contributed by atoms with van der Waals surface area (Å²) in [6.45, 7) is -2.33. The largest absolute Gasteiger partial charge is 0.394 e. The normalized spacial score (nSPS) is 42.3. The maximum atomic E-state index is 14.5. The predicted octanol–water partition coefficient (Wildman–Crippen LogP) is -3.66. The number of hydrogen-bond acceptors (Lipinski definition) is 8. The van der Waals surface area contributed by atoms with Crippen LogP contribution in [0.2, 0.25) is 0 Å². The van der Waals surface area contributed by atoms with Crippen LogP contribution in [-0.4, -0.2) is 98.2 Å². The van der Waals surface area contributed by atoms with Crippen molar-refractivity contribution in [3.05, 3.63) is 0 Å². The first-order valence-electron chi connectivity index (χ1n) is 7.02. The van der Waals surface area contributed by atoms with E-state index < -0.39 is 61.2 Å². The Morgan fingerprint density at radius 3 is 2.43 bits per heavy atom. The lowest BCUT2D eigenvalue weighted by molar-refractivity contribution is -0.411. The van der Waals surface area contributed by atoms with E-state index >= 15 is 0 Å². The first-order chi connectivity index (χ1) is 10.5. The molecule has 9 nitrogen and oxygen atoms in total. The number of aliphatic hydroxyl groups is 5. The van der Waals surface area contributed by atoms with Crippen LogP contribution in [0.4, 0.5) is 8.78 Å². The van der Waals surface area contributed by atoms with Gasteiger partial charge in [0.2, 0.25) is 5.91 Å². The van der Waals surface area contributed by atoms with Gasteiger partial charge >= 0.3 is 5.92 Å². The average molecular weight is 342 g/mol. The number of amides is 1. The highest BCUT2D eigenvalue weighted by molar-refractivity contribution is 5.83. The van der Waals surface area contributed by atoms with Crippen LogP contribution in [0.5, 0.6) is 0 Å². The SMILES string of the molecule is N[C@H]1CCN(CC(F)(F)[C@]2(O)O[C@H](CO)[C@H](O)[C@H](O)[C@H]2O)C1=O. The van der Waals surface area contributed by atoms with Gasteiger partial charge in [-0.25, -0.2) is 0 Å². The maximum absolute atomic E-state index is 14.5. The van der Waals surface area contributed by atoms with Gasteiger partial charge in [0.05, 0.1) is 19.2 Å². The summed E-state index contributed by atoms with van der Waals surface area (Å²) in [4.78, 5) is 12.4. The van der Waals surface area contributed by atoms with E-state index in [0.29, 0.717) is 4.90 Å². The molecular formula is C12H20F2N2O7. The molecule has 2 fully saturated rings. The van der Waals surface area contributed by atoms with Crippen molar-refractivity contribution in [2.45, 2.75) is 48.6 Å². The van der Waals surface area contributed by atoms with Crippen molar-refractivity contribution in [2.24, 2.45) is 5.73 Å². The Morgan fingerprint density at radius 1 is 1.35 bits per heavy atom. The van der Waals surface area contributed by atoms with Crippen LogP contribution in [0.25, 0.3) is 0 Å². The molecule has 7 N–H and O–H groups in total. The molecule has 0 aliphatic carbocycles. The molecule has 2 heterocycles. The third-order valence-corrected chi connectivity index (χ3v) is 4.22. The molecule has 2 aliphatic rings. The van der Waals surface area contributed by atoms with Gasteiger partial charge in [0.25, 0.3) is 5.79 Å². The average Bonchev–Trinajstić information content (AvgIpc) is 2.80. The van der Waals surface area contributed by atoms with E-state index in [1.54, 1.807) is 0 Å². The Morgan fingerprint density at radius 2 is 1.96 bits per heavy atom. The number of ether oxygens (including phenoxy) is 1. The Hall–Kier alpha value is -0.950. The molecule has 0 aromatic rings. The Labute approximate surface area is 129 Å². The predicted molar refractivity (Wildman–Crippen MR) is 69.0 cm³/mol. The molecule has 0 unspecified atom stereocenters. The summed E-state index contributed by atoms with van der Waals surface area (Å²) in [5, 5.41) is 48.0. The Kier molecular flexibility index (Phi) is 4.93. The zero-order valence-electron chi connectivity index (χ0n) is 12.0. The summed E-state index contributed by atoms with van der Waals surface area (Å²) in [5.41, 5.74) is 5.42. The third-order valence-electron chi connectivity index (χ3n) is 4.22. The summed E-state index contributed by atoms with van der Waals surface area (Å²) < 4.78 is 33.5. The lowest BCUT2D eigenvalue weighted by Crippen LogP contribution is -2.73. The van der Waals surface area contributed by atoms with Gasteiger partial charge in [-0.15, -0.1) is 0 Å². The van der Waals surface area contributed by atoms with Crippen molar-refractivity contribution < 1.29 is 43.8 Å². The maximum Gasteiger partial charge on any atom is 0.320 e. The van der Waals surface area contributed by atoms with Gasteiger partial charge < -0.3 is 40.9 Å². The molecule has 23 heavy (non-hydrogen) atoms. The number of likely N-dealkylation sites (tertiary alicyclic amines) is 1. The van der Waals surface area contributed by atoms with Crippen molar-refractivity contribution in [3.8, 4) is 0 Å². The fraction of sp³-hybridized carbons (Fsp3) is 0.917. The molecular weight excluding hydrogens is 322 g/mol. The lowest BCUT2D eigenvalue weighted by Gasteiger charge is -2.48. The minimum atomic E-state index is -4.19. The second-order valence-corrected chi connectivity index (χ2v) is 5.82. The highest BCUT2D eigenvalue weighted by Gasteiger charge is 2.66. The number of nitrogens with two attached hydrogens (primary N) is 1. The van der Waals surface area contributed by atoms with Crippen LogP contribution in [0.15, 0.2) is 0 Å². The number of carbonyl (C=O) groups is 1. The highest BCUT2D eigenvalue weighted by Crippen LogP contribution is 2.40. The number of halogens is 2. The van der Waals surface area contributed by atoms with Crippen molar-refractivity contribution >= 4 is 5.91 Å². The molecule has 0 aromatic heterocycles. The van der Waals surface area contributed by atoms with Gasteiger partial charge in [-0.1, -0.05) is 0 Å². The first kappa shape index (κ1) is 18.4. The summed E-state index contributed by atoms with van der Waals surface area (Å²) in [6, 6.07) is -0.921. The Balaban J connectivity index is 2.23. The lowest BCUT2D eigenvalue weighted by atomic mass is 9.88. The quantitative estimate of drug-likeness (QED) is 0.305. The van der Waals surface area contributed by atoms with Crippen molar-refractivity contribution in [2.75, 3.05) is 19.7 Å². The van der Waals surface area contributed by atoms with Gasteiger partial charge in [-0.2, -0.15) is 8.78 Å². The van der Waals surface area contributed by atoms with Crippen molar-refractivity contribution in [1.29, 1.82) is 0 Å². The van der Waals surface area contributed by atoms with Crippen molar-refractivity contribution in [3.63, 3.8) is 0 Å². The van der Waals surface area contributed by atoms with Crippen molar-refractivity contribution in [1.82, 2.24) is 4.90 Å². The van der Waals surface area contributed by atoms with E-state index in [0.717, 1.165) is 0 Å². The van der Waals surface area contributed by atoms with Crippen LogP contribution in [-0.2, 0) is 9.53 Å². The van der Waals surface area contributed by atoms with Crippen LogP contribution < -0.4 is 5.73 Å². The van der Waals surface area contributed by atoms with Gasteiger partial charge in [0.15, 0.2) is 0 Å². The Bertz CT molecular complexity index is 467. The molecule has 0 saturated carbocycles. The van der Waals surface area contributed by atoms with Gasteiger partial charge in [-0.05, 0) is 6.42 Å². The number of carbonyl (C=O) groups excluding carboxylic acids is 1. The summed E-state index contributed by atoms with van der Waals surface area (Å²) in [6.07, 6.45) is -8.17. The van der Waals surface area contributed by atoms with E-state index in [1.807, 2.05) is 0 Å². The second kappa shape index (κ2) is 6.16. The fourth-order valence-corrected chi connectivity index (χ4v) is 2.73. The van der Waals surface area contributed by atoms with Crippen LogP contribution >= 0.6 is 0 Å². The number of hydrogen-bond donors (Lipinski definition) is 6. The number of alkyl halides is 2. The minimum absolute atomic E-state index is 0.0592. The summed E-state index contributed by atoms with van der Waals surface area (Å²) >= 11 is 0. The van der Waals surface area contributed by atoms with Crippen LogP contribution in [0, 0.1) is 0 Å². The van der Waals surface area contributed by atoms with E-state index in [1.165, 1.54) is 0 Å². The van der Waals surface area contributed by atoms with Crippen LogP contribution in [0.1, 0.15) is 6.42 Å². The molecule has 0 spiro atoms. The van der Waals surface area contributed by atoms with E-state index in [-0.39, 0.29) is 13.0 Å². The molecule has 11 heteroatoms. The number of aliphatic hydroxyl groups excluding tert-OH is 4. The van der Waals surface area contributed by atoms with Gasteiger partial charge in [-0.3, -0.25) is 4.79 Å². The number of rotatable bonds is 4. The van der Waals surface area contributed by atoms with E-state index in [4.69, 9.17) is 10.8 Å². The second-order valence-electron chi connectivity index (χ2n) is 5.82.